The quantitative estimate of drug-likeness (QED) is 0.513. The molecule has 2 rings (SSSR count). The summed E-state index contributed by atoms with van der Waals surface area (Å²) in [6.07, 6.45) is 7.66. The maximum Gasteiger partial charge on any atom is 0.283 e. The van der Waals surface area contributed by atoms with Gasteiger partial charge >= 0.3 is 0 Å². The van der Waals surface area contributed by atoms with Crippen molar-refractivity contribution in [2.24, 2.45) is 0 Å². The van der Waals surface area contributed by atoms with Crippen LogP contribution in [0.2, 0.25) is 0 Å². The lowest BCUT2D eigenvalue weighted by Crippen LogP contribution is -2.28. The van der Waals surface area contributed by atoms with E-state index in [1.54, 1.807) is 6.07 Å². The molecule has 0 heterocycles. The molecule has 0 saturated heterocycles. The summed E-state index contributed by atoms with van der Waals surface area (Å²) in [5, 5.41) is 14.4. The fourth-order valence-electron chi connectivity index (χ4n) is 2.58. The van der Waals surface area contributed by atoms with Gasteiger partial charge in [0.25, 0.3) is 5.69 Å². The molecule has 1 aromatic rings. The van der Waals surface area contributed by atoms with E-state index in [4.69, 9.17) is 0 Å². The average Bonchev–Trinajstić information content (AvgIpc) is 2.66. The Bertz CT molecular complexity index is 443. The molecule has 4 nitrogen and oxygen atoms in total. The largest absolute Gasteiger partial charge is 0.310 e. The molecular weight excluding hydrogens is 308 g/mol. The van der Waals surface area contributed by atoms with Crippen LogP contribution < -0.4 is 5.32 Å². The summed E-state index contributed by atoms with van der Waals surface area (Å²) in [6.45, 7) is 0.687. The SMILES string of the molecule is O=[N+]([O-])c1cccc(CNC2CCCCCC2)c1Br. The third-order valence-corrected chi connectivity index (χ3v) is 4.61. The van der Waals surface area contributed by atoms with Crippen molar-refractivity contribution < 1.29 is 4.92 Å². The van der Waals surface area contributed by atoms with Crippen molar-refractivity contribution in [2.75, 3.05) is 0 Å². The van der Waals surface area contributed by atoms with Gasteiger partial charge in [-0.3, -0.25) is 10.1 Å². The van der Waals surface area contributed by atoms with Crippen LogP contribution in [0.4, 0.5) is 5.69 Å². The van der Waals surface area contributed by atoms with E-state index in [1.165, 1.54) is 44.6 Å². The number of nitrogens with one attached hydrogen (secondary N) is 1. The fraction of sp³-hybridized carbons (Fsp3) is 0.571. The van der Waals surface area contributed by atoms with Gasteiger partial charge in [0.05, 0.1) is 9.40 Å². The van der Waals surface area contributed by atoms with Gasteiger partial charge in [0, 0.05) is 18.7 Å². The van der Waals surface area contributed by atoms with Gasteiger partial charge < -0.3 is 5.32 Å². The summed E-state index contributed by atoms with van der Waals surface area (Å²) in [7, 11) is 0. The van der Waals surface area contributed by atoms with E-state index >= 15 is 0 Å². The zero-order valence-electron chi connectivity index (χ0n) is 10.9. The number of hydrogen-bond acceptors (Lipinski definition) is 3. The monoisotopic (exact) mass is 326 g/mol. The highest BCUT2D eigenvalue weighted by Gasteiger charge is 2.16. The molecule has 1 aliphatic rings. The molecule has 1 aliphatic carbocycles. The van der Waals surface area contributed by atoms with Crippen molar-refractivity contribution in [1.82, 2.24) is 5.32 Å². The van der Waals surface area contributed by atoms with Crippen molar-refractivity contribution in [1.29, 1.82) is 0 Å². The van der Waals surface area contributed by atoms with Gasteiger partial charge in [-0.1, -0.05) is 37.8 Å². The zero-order valence-corrected chi connectivity index (χ0v) is 12.5. The molecule has 1 aromatic carbocycles. The van der Waals surface area contributed by atoms with E-state index in [1.807, 2.05) is 6.07 Å². The van der Waals surface area contributed by atoms with Crippen LogP contribution in [-0.4, -0.2) is 11.0 Å². The lowest BCUT2D eigenvalue weighted by Gasteiger charge is -2.16. The number of hydrogen-bond donors (Lipinski definition) is 1. The number of halogens is 1. The van der Waals surface area contributed by atoms with Crippen molar-refractivity contribution in [3.05, 3.63) is 38.3 Å². The molecule has 0 atom stereocenters. The fourth-order valence-corrected chi connectivity index (χ4v) is 3.13. The number of nitro benzene ring substituents is 1. The van der Waals surface area contributed by atoms with Crippen molar-refractivity contribution >= 4 is 21.6 Å². The number of benzene rings is 1. The Labute approximate surface area is 121 Å². The molecule has 0 amide bonds. The van der Waals surface area contributed by atoms with Crippen LogP contribution in [0.15, 0.2) is 22.7 Å². The van der Waals surface area contributed by atoms with E-state index in [2.05, 4.69) is 21.2 Å². The molecule has 104 valence electrons. The Balaban J connectivity index is 1.99. The molecule has 0 radical (unpaired) electrons. The molecule has 0 aromatic heterocycles. The summed E-state index contributed by atoms with van der Waals surface area (Å²) in [5.41, 5.74) is 1.10. The number of nitro groups is 1. The Morgan fingerprint density at radius 2 is 1.95 bits per heavy atom. The van der Waals surface area contributed by atoms with Gasteiger partial charge in [-0.05, 0) is 34.3 Å². The Hall–Kier alpha value is -0.940. The molecular formula is C14H19BrN2O2. The maximum absolute atomic E-state index is 10.9. The lowest BCUT2D eigenvalue weighted by molar-refractivity contribution is -0.385. The topological polar surface area (TPSA) is 55.2 Å². The van der Waals surface area contributed by atoms with Crippen LogP contribution in [0.5, 0.6) is 0 Å². The molecule has 0 spiro atoms. The molecule has 19 heavy (non-hydrogen) atoms. The first-order valence-corrected chi connectivity index (χ1v) is 7.63. The van der Waals surface area contributed by atoms with Gasteiger partial charge in [0.15, 0.2) is 0 Å². The highest BCUT2D eigenvalue weighted by molar-refractivity contribution is 9.10. The van der Waals surface area contributed by atoms with Crippen molar-refractivity contribution in [3.63, 3.8) is 0 Å². The Morgan fingerprint density at radius 1 is 1.26 bits per heavy atom. The summed E-state index contributed by atoms with van der Waals surface area (Å²) >= 11 is 3.34. The second-order valence-electron chi connectivity index (χ2n) is 5.08. The zero-order chi connectivity index (χ0) is 13.7. The molecule has 1 saturated carbocycles. The molecule has 0 aliphatic heterocycles. The second-order valence-corrected chi connectivity index (χ2v) is 5.87. The standard InChI is InChI=1S/C14H19BrN2O2/c15-14-11(6-5-9-13(14)17(18)19)10-16-12-7-3-1-2-4-8-12/h5-6,9,12,16H,1-4,7-8,10H2. The first-order valence-electron chi connectivity index (χ1n) is 6.83. The molecule has 5 heteroatoms. The lowest BCUT2D eigenvalue weighted by atomic mass is 10.1. The third-order valence-electron chi connectivity index (χ3n) is 3.69. The number of rotatable bonds is 4. The van der Waals surface area contributed by atoms with E-state index < -0.39 is 0 Å². The predicted octanol–water partition coefficient (Wildman–Crippen LogP) is 4.17. The van der Waals surface area contributed by atoms with Crippen molar-refractivity contribution in [3.8, 4) is 0 Å². The normalized spacial score (nSPS) is 17.1. The summed E-state index contributed by atoms with van der Waals surface area (Å²) in [6, 6.07) is 5.75. The average molecular weight is 327 g/mol. The van der Waals surface area contributed by atoms with E-state index in [0.717, 1.165) is 5.56 Å². The van der Waals surface area contributed by atoms with Gasteiger partial charge in [0.2, 0.25) is 0 Å². The third kappa shape index (κ3) is 4.01. The molecule has 0 bridgehead atoms. The van der Waals surface area contributed by atoms with Crippen LogP contribution in [0.3, 0.4) is 0 Å². The molecule has 0 unspecified atom stereocenters. The van der Waals surface area contributed by atoms with Gasteiger partial charge in [-0.2, -0.15) is 0 Å². The summed E-state index contributed by atoms with van der Waals surface area (Å²) in [5.74, 6) is 0. The molecule has 1 N–H and O–H groups in total. The predicted molar refractivity (Wildman–Crippen MR) is 79.1 cm³/mol. The van der Waals surface area contributed by atoms with Gasteiger partial charge in [-0.25, -0.2) is 0 Å². The highest BCUT2D eigenvalue weighted by atomic mass is 79.9. The van der Waals surface area contributed by atoms with E-state index in [-0.39, 0.29) is 10.6 Å². The van der Waals surface area contributed by atoms with Crippen LogP contribution in [0.25, 0.3) is 0 Å². The van der Waals surface area contributed by atoms with E-state index in [0.29, 0.717) is 17.1 Å². The highest BCUT2D eigenvalue weighted by Crippen LogP contribution is 2.28. The smallest absolute Gasteiger partial charge is 0.283 e. The second kappa shape index (κ2) is 7.01. The van der Waals surface area contributed by atoms with Crippen molar-refractivity contribution in [2.45, 2.75) is 51.1 Å². The van der Waals surface area contributed by atoms with Gasteiger partial charge in [0.1, 0.15) is 0 Å². The van der Waals surface area contributed by atoms with Crippen LogP contribution in [-0.2, 0) is 6.54 Å². The van der Waals surface area contributed by atoms with Crippen LogP contribution in [0, 0.1) is 10.1 Å². The van der Waals surface area contributed by atoms with Gasteiger partial charge in [-0.15, -0.1) is 0 Å². The summed E-state index contributed by atoms with van der Waals surface area (Å²) in [4.78, 5) is 10.5. The van der Waals surface area contributed by atoms with E-state index in [9.17, 15) is 10.1 Å². The minimum atomic E-state index is -0.348. The Kier molecular flexibility index (Phi) is 5.34. The first-order chi connectivity index (χ1) is 9.18. The van der Waals surface area contributed by atoms with Crippen LogP contribution in [0.1, 0.15) is 44.1 Å². The minimum Gasteiger partial charge on any atom is -0.310 e. The maximum atomic E-state index is 10.9. The van der Waals surface area contributed by atoms with Crippen LogP contribution >= 0.6 is 15.9 Å². The minimum absolute atomic E-state index is 0.139. The summed E-state index contributed by atoms with van der Waals surface area (Å²) < 4.78 is 0.598. The first kappa shape index (κ1) is 14.5. The molecule has 1 fully saturated rings. The Morgan fingerprint density at radius 3 is 2.58 bits per heavy atom. The number of nitrogens with zero attached hydrogens (tertiary/aromatic N) is 1.